The summed E-state index contributed by atoms with van der Waals surface area (Å²) in [7, 11) is -4.64. The average Bonchev–Trinajstić information content (AvgIpc) is 2.71. The topological polar surface area (TPSA) is 159 Å². The molecule has 1 aromatic rings. The largest absolute Gasteiger partial charge is 0.472 e. The van der Waals surface area contributed by atoms with Crippen LogP contribution in [0.5, 0.6) is 0 Å². The van der Waals surface area contributed by atoms with Crippen molar-refractivity contribution in [2.24, 2.45) is 0 Å². The van der Waals surface area contributed by atoms with Gasteiger partial charge in [0.15, 0.2) is 6.04 Å². The molecule has 3 N–H and O–H groups in total. The molecule has 0 radical (unpaired) electrons. The van der Waals surface area contributed by atoms with Crippen LogP contribution in [-0.2, 0) is 39.2 Å². The van der Waals surface area contributed by atoms with E-state index in [1.165, 1.54) is 0 Å². The number of ether oxygens (including phenoxy) is 3. The number of rotatable bonds is 11. The Balaban J connectivity index is 2.51. The first-order valence-corrected chi connectivity index (χ1v) is 12.3. The van der Waals surface area contributed by atoms with E-state index in [1.807, 2.05) is 6.07 Å². The van der Waals surface area contributed by atoms with Crippen molar-refractivity contribution in [2.75, 3.05) is 19.8 Å². The lowest BCUT2D eigenvalue weighted by Gasteiger charge is -2.26. The summed E-state index contributed by atoms with van der Waals surface area (Å²) in [5.74, 6) is -0.897. The first-order chi connectivity index (χ1) is 16.1. The summed E-state index contributed by atoms with van der Waals surface area (Å²) in [6.07, 6.45) is -1.68. The normalized spacial score (nSPS) is 14.3. The number of hydrogen-bond acceptors (Lipinski definition) is 9. The lowest BCUT2D eigenvalue weighted by Crippen LogP contribution is -2.48. The summed E-state index contributed by atoms with van der Waals surface area (Å²) in [6.45, 7) is 8.56. The molecule has 2 amide bonds. The minimum absolute atomic E-state index is 0.0613. The van der Waals surface area contributed by atoms with Crippen molar-refractivity contribution in [1.29, 1.82) is 0 Å². The first-order valence-electron chi connectivity index (χ1n) is 10.9. The summed E-state index contributed by atoms with van der Waals surface area (Å²) < 4.78 is 37.1. The molecule has 35 heavy (non-hydrogen) atoms. The average molecular weight is 519 g/mol. The van der Waals surface area contributed by atoms with Gasteiger partial charge in [0.2, 0.25) is 0 Å². The third-order valence-electron chi connectivity index (χ3n) is 3.63. The van der Waals surface area contributed by atoms with Crippen LogP contribution >= 0.6 is 7.82 Å². The fourth-order valence-electron chi connectivity index (χ4n) is 2.29. The summed E-state index contributed by atoms with van der Waals surface area (Å²) in [5.41, 5.74) is -0.925. The Morgan fingerprint density at radius 1 is 0.943 bits per heavy atom. The molecule has 198 valence electrons. The molecule has 0 saturated carbocycles. The van der Waals surface area contributed by atoms with Gasteiger partial charge < -0.3 is 29.7 Å². The second-order valence-corrected chi connectivity index (χ2v) is 10.8. The molecule has 0 aromatic heterocycles. The molecule has 12 nitrogen and oxygen atoms in total. The number of phosphoric acid groups is 1. The second kappa shape index (κ2) is 13.4. The van der Waals surface area contributed by atoms with Crippen LogP contribution in [0.15, 0.2) is 30.3 Å². The Morgan fingerprint density at radius 2 is 1.54 bits per heavy atom. The lowest BCUT2D eigenvalue weighted by atomic mass is 10.2. The maximum absolute atomic E-state index is 12.4. The molecule has 1 rings (SSSR count). The number of alkyl carbamates (subject to hydrolysis) is 2. The zero-order valence-corrected chi connectivity index (χ0v) is 21.8. The number of hydrogen-bond donors (Lipinski definition) is 3. The van der Waals surface area contributed by atoms with Crippen LogP contribution in [0, 0.1) is 0 Å². The van der Waals surface area contributed by atoms with Crippen LogP contribution in [0.3, 0.4) is 0 Å². The van der Waals surface area contributed by atoms with E-state index >= 15 is 0 Å². The molecule has 0 fully saturated rings. The van der Waals surface area contributed by atoms with Crippen LogP contribution < -0.4 is 10.6 Å². The number of benzene rings is 1. The Bertz CT molecular complexity index is 880. The van der Waals surface area contributed by atoms with E-state index < -0.39 is 49.8 Å². The van der Waals surface area contributed by atoms with Crippen LogP contribution in [-0.4, -0.2) is 60.1 Å². The molecule has 0 aliphatic heterocycles. The SMILES string of the molecule is CC(C)(C)OC(=O)NC(COP(=O)(O)OCCNC(=O)OCc1ccccc1)C(=O)OC(C)(C)C. The zero-order chi connectivity index (χ0) is 26.7. The molecular weight excluding hydrogens is 483 g/mol. The van der Waals surface area contributed by atoms with Gasteiger partial charge in [-0.2, -0.15) is 0 Å². The number of carbonyl (C=O) groups excluding carboxylic acids is 3. The van der Waals surface area contributed by atoms with Crippen LogP contribution in [0.2, 0.25) is 0 Å². The highest BCUT2D eigenvalue weighted by Crippen LogP contribution is 2.43. The van der Waals surface area contributed by atoms with E-state index in [0.29, 0.717) is 0 Å². The van der Waals surface area contributed by atoms with Crippen molar-refractivity contribution < 1.29 is 47.1 Å². The molecule has 0 saturated heterocycles. The smallest absolute Gasteiger partial charge is 0.458 e. The monoisotopic (exact) mass is 518 g/mol. The fraction of sp³-hybridized carbons (Fsp3) is 0.591. The van der Waals surface area contributed by atoms with E-state index in [0.717, 1.165) is 5.56 Å². The molecule has 1 aromatic carbocycles. The Hall–Kier alpha value is -2.66. The maximum atomic E-state index is 12.4. The number of esters is 1. The van der Waals surface area contributed by atoms with Gasteiger partial charge in [-0.25, -0.2) is 18.9 Å². The predicted molar refractivity (Wildman–Crippen MR) is 125 cm³/mol. The second-order valence-electron chi connectivity index (χ2n) is 9.32. The van der Waals surface area contributed by atoms with Crippen molar-refractivity contribution in [1.82, 2.24) is 10.6 Å². The van der Waals surface area contributed by atoms with Gasteiger partial charge in [-0.3, -0.25) is 9.05 Å². The van der Waals surface area contributed by atoms with Gasteiger partial charge in [-0.15, -0.1) is 0 Å². The summed E-state index contributed by atoms with van der Waals surface area (Å²) >= 11 is 0. The van der Waals surface area contributed by atoms with Crippen molar-refractivity contribution in [3.8, 4) is 0 Å². The van der Waals surface area contributed by atoms with E-state index in [2.05, 4.69) is 10.6 Å². The van der Waals surface area contributed by atoms with Gasteiger partial charge >= 0.3 is 26.0 Å². The summed E-state index contributed by atoms with van der Waals surface area (Å²) in [4.78, 5) is 46.1. The molecule has 2 unspecified atom stereocenters. The molecule has 2 atom stereocenters. The Labute approximate surface area is 205 Å². The van der Waals surface area contributed by atoms with Gasteiger partial charge in [0.25, 0.3) is 0 Å². The van der Waals surface area contributed by atoms with Gasteiger partial charge in [-0.1, -0.05) is 30.3 Å². The van der Waals surface area contributed by atoms with Crippen molar-refractivity contribution in [3.05, 3.63) is 35.9 Å². The summed E-state index contributed by atoms with van der Waals surface area (Å²) in [6, 6.07) is 7.58. The van der Waals surface area contributed by atoms with Gasteiger partial charge in [0, 0.05) is 6.54 Å². The number of carbonyl (C=O) groups is 3. The molecule has 13 heteroatoms. The van der Waals surface area contributed by atoms with E-state index in [4.69, 9.17) is 23.3 Å². The van der Waals surface area contributed by atoms with Crippen molar-refractivity contribution >= 4 is 26.0 Å². The Morgan fingerprint density at radius 3 is 2.11 bits per heavy atom. The maximum Gasteiger partial charge on any atom is 0.472 e. The molecular formula is C22H35N2O10P. The van der Waals surface area contributed by atoms with E-state index in [9.17, 15) is 23.8 Å². The minimum atomic E-state index is -4.64. The minimum Gasteiger partial charge on any atom is -0.458 e. The molecule has 0 heterocycles. The lowest BCUT2D eigenvalue weighted by molar-refractivity contribution is -0.158. The number of amides is 2. The van der Waals surface area contributed by atoms with Gasteiger partial charge in [0.05, 0.1) is 13.2 Å². The molecule has 0 spiro atoms. The third kappa shape index (κ3) is 15.0. The Kier molecular flexibility index (Phi) is 11.7. The third-order valence-corrected chi connectivity index (χ3v) is 4.61. The van der Waals surface area contributed by atoms with E-state index in [1.54, 1.807) is 65.8 Å². The van der Waals surface area contributed by atoms with E-state index in [-0.39, 0.29) is 19.8 Å². The van der Waals surface area contributed by atoms with Crippen molar-refractivity contribution in [3.63, 3.8) is 0 Å². The zero-order valence-electron chi connectivity index (χ0n) is 20.9. The molecule has 0 aliphatic carbocycles. The highest BCUT2D eigenvalue weighted by molar-refractivity contribution is 7.47. The number of phosphoric ester groups is 1. The quantitative estimate of drug-likeness (QED) is 0.172. The van der Waals surface area contributed by atoms with Crippen molar-refractivity contribution in [2.45, 2.75) is 65.4 Å². The predicted octanol–water partition coefficient (Wildman–Crippen LogP) is 3.28. The first kappa shape index (κ1) is 30.4. The highest BCUT2D eigenvalue weighted by atomic mass is 31.2. The fourth-order valence-corrected chi connectivity index (χ4v) is 3.02. The standard InChI is InChI=1S/C22H35N2O10P/c1-21(2,3)33-18(25)17(24-20(27)34-22(4,5)6)15-32-35(28,29)31-13-12-23-19(26)30-14-16-10-8-7-9-11-16/h7-11,17H,12-15H2,1-6H3,(H,23,26)(H,24,27)(H,28,29). The summed E-state index contributed by atoms with van der Waals surface area (Å²) in [5, 5.41) is 4.62. The molecule has 0 bridgehead atoms. The van der Waals surface area contributed by atoms with Crippen LogP contribution in [0.1, 0.15) is 47.1 Å². The highest BCUT2D eigenvalue weighted by Gasteiger charge is 2.32. The van der Waals surface area contributed by atoms with Gasteiger partial charge in [0.1, 0.15) is 17.8 Å². The van der Waals surface area contributed by atoms with Gasteiger partial charge in [-0.05, 0) is 47.1 Å². The van der Waals surface area contributed by atoms with Crippen LogP contribution in [0.4, 0.5) is 9.59 Å². The van der Waals surface area contributed by atoms with Crippen LogP contribution in [0.25, 0.3) is 0 Å². The molecule has 0 aliphatic rings. The number of nitrogens with one attached hydrogen (secondary N) is 2.